The van der Waals surface area contributed by atoms with E-state index in [0.717, 1.165) is 31.6 Å². The molecule has 2 atom stereocenters. The van der Waals surface area contributed by atoms with E-state index in [0.29, 0.717) is 0 Å². The quantitative estimate of drug-likeness (QED) is 0.772. The molecule has 1 rings (SSSR count). The number of ether oxygens (including phenoxy) is 2. The zero-order valence-electron chi connectivity index (χ0n) is 11.7. The molecule has 1 aromatic carbocycles. The Morgan fingerprint density at radius 2 is 2.06 bits per heavy atom. The first-order chi connectivity index (χ1) is 8.71. The van der Waals surface area contributed by atoms with Crippen LogP contribution in [-0.2, 0) is 11.2 Å². The molecular weight excluding hydrogens is 226 g/mol. The van der Waals surface area contributed by atoms with Crippen LogP contribution in [0.25, 0.3) is 0 Å². The smallest absolute Gasteiger partial charge is 0.119 e. The van der Waals surface area contributed by atoms with E-state index < -0.39 is 0 Å². The van der Waals surface area contributed by atoms with Crippen LogP contribution < -0.4 is 10.5 Å². The Hall–Kier alpha value is -1.06. The van der Waals surface area contributed by atoms with E-state index in [1.54, 1.807) is 7.11 Å². The number of benzene rings is 1. The van der Waals surface area contributed by atoms with Crippen molar-refractivity contribution >= 4 is 0 Å². The van der Waals surface area contributed by atoms with Crippen LogP contribution in [0.2, 0.25) is 0 Å². The molecule has 3 nitrogen and oxygen atoms in total. The maximum atomic E-state index is 6.25. The van der Waals surface area contributed by atoms with Crippen LogP contribution in [0.1, 0.15) is 32.3 Å². The molecule has 2 N–H and O–H groups in total. The molecule has 0 saturated heterocycles. The molecule has 102 valence electrons. The second kappa shape index (κ2) is 8.11. The van der Waals surface area contributed by atoms with Crippen molar-refractivity contribution in [2.75, 3.05) is 13.7 Å². The Labute approximate surface area is 110 Å². The molecule has 0 aliphatic heterocycles. The van der Waals surface area contributed by atoms with Gasteiger partial charge in [-0.15, -0.1) is 0 Å². The highest BCUT2D eigenvalue weighted by atomic mass is 16.5. The van der Waals surface area contributed by atoms with Crippen LogP contribution in [0.3, 0.4) is 0 Å². The van der Waals surface area contributed by atoms with Gasteiger partial charge in [0.15, 0.2) is 0 Å². The molecule has 0 amide bonds. The Morgan fingerprint density at radius 3 is 2.67 bits per heavy atom. The lowest BCUT2D eigenvalue weighted by molar-refractivity contribution is 0.0378. The summed E-state index contributed by atoms with van der Waals surface area (Å²) in [5.41, 5.74) is 7.44. The van der Waals surface area contributed by atoms with E-state index in [2.05, 4.69) is 13.0 Å². The summed E-state index contributed by atoms with van der Waals surface area (Å²) in [4.78, 5) is 0. The Bertz CT molecular complexity index is 335. The number of hydrogen-bond donors (Lipinski definition) is 1. The lowest BCUT2D eigenvalue weighted by Gasteiger charge is -2.23. The average molecular weight is 251 g/mol. The Kier molecular flexibility index (Phi) is 6.76. The van der Waals surface area contributed by atoms with Crippen molar-refractivity contribution in [3.8, 4) is 5.75 Å². The molecule has 1 aromatic rings. The lowest BCUT2D eigenvalue weighted by atomic mass is 9.99. The lowest BCUT2D eigenvalue weighted by Crippen LogP contribution is -2.38. The van der Waals surface area contributed by atoms with Gasteiger partial charge in [-0.2, -0.15) is 0 Å². The monoisotopic (exact) mass is 251 g/mol. The molecule has 18 heavy (non-hydrogen) atoms. The van der Waals surface area contributed by atoms with Crippen LogP contribution in [-0.4, -0.2) is 25.9 Å². The first kappa shape index (κ1) is 15.0. The van der Waals surface area contributed by atoms with Crippen LogP contribution in [0, 0.1) is 0 Å². The van der Waals surface area contributed by atoms with Crippen molar-refractivity contribution < 1.29 is 9.47 Å². The summed E-state index contributed by atoms with van der Waals surface area (Å²) >= 11 is 0. The minimum atomic E-state index is 0.0389. The van der Waals surface area contributed by atoms with Gasteiger partial charge in [-0.05, 0) is 37.5 Å². The fourth-order valence-corrected chi connectivity index (χ4v) is 2.12. The Balaban J connectivity index is 2.62. The van der Waals surface area contributed by atoms with Gasteiger partial charge in [-0.25, -0.2) is 0 Å². The molecule has 0 saturated carbocycles. The topological polar surface area (TPSA) is 44.5 Å². The van der Waals surface area contributed by atoms with Gasteiger partial charge in [0.1, 0.15) is 5.75 Å². The van der Waals surface area contributed by atoms with Crippen molar-refractivity contribution in [3.05, 3.63) is 29.8 Å². The zero-order chi connectivity index (χ0) is 13.4. The molecule has 0 aliphatic carbocycles. The fraction of sp³-hybridized carbons (Fsp3) is 0.600. The first-order valence-corrected chi connectivity index (χ1v) is 6.71. The van der Waals surface area contributed by atoms with Crippen LogP contribution in [0.4, 0.5) is 0 Å². The van der Waals surface area contributed by atoms with E-state index in [1.807, 2.05) is 25.1 Å². The zero-order valence-corrected chi connectivity index (χ0v) is 11.7. The molecular formula is C15H25NO2. The van der Waals surface area contributed by atoms with E-state index in [-0.39, 0.29) is 12.1 Å². The minimum Gasteiger partial charge on any atom is -0.497 e. The normalized spacial score (nSPS) is 14.2. The second-order valence-electron chi connectivity index (χ2n) is 4.50. The van der Waals surface area contributed by atoms with E-state index in [1.165, 1.54) is 5.56 Å². The van der Waals surface area contributed by atoms with E-state index >= 15 is 0 Å². The predicted molar refractivity (Wildman–Crippen MR) is 75.0 cm³/mol. The van der Waals surface area contributed by atoms with Gasteiger partial charge in [-0.3, -0.25) is 0 Å². The largest absolute Gasteiger partial charge is 0.497 e. The van der Waals surface area contributed by atoms with Crippen molar-refractivity contribution in [2.45, 2.75) is 45.3 Å². The summed E-state index contributed by atoms with van der Waals surface area (Å²) in [6.45, 7) is 4.89. The van der Waals surface area contributed by atoms with Crippen LogP contribution >= 0.6 is 0 Å². The molecule has 0 spiro atoms. The number of hydrogen-bond acceptors (Lipinski definition) is 3. The maximum Gasteiger partial charge on any atom is 0.119 e. The molecule has 0 bridgehead atoms. The van der Waals surface area contributed by atoms with Gasteiger partial charge in [0.25, 0.3) is 0 Å². The number of rotatable bonds is 8. The van der Waals surface area contributed by atoms with Crippen LogP contribution in [0.15, 0.2) is 24.3 Å². The highest BCUT2D eigenvalue weighted by molar-refractivity contribution is 5.29. The molecule has 3 heteroatoms. The van der Waals surface area contributed by atoms with Crippen molar-refractivity contribution in [1.29, 1.82) is 0 Å². The number of nitrogens with two attached hydrogens (primary N) is 1. The van der Waals surface area contributed by atoms with Crippen molar-refractivity contribution in [3.63, 3.8) is 0 Å². The van der Waals surface area contributed by atoms with Crippen molar-refractivity contribution in [2.24, 2.45) is 5.73 Å². The van der Waals surface area contributed by atoms with Crippen molar-refractivity contribution in [1.82, 2.24) is 0 Å². The van der Waals surface area contributed by atoms with Gasteiger partial charge in [0.05, 0.1) is 13.2 Å². The predicted octanol–water partition coefficient (Wildman–Crippen LogP) is 2.77. The summed E-state index contributed by atoms with van der Waals surface area (Å²) in [7, 11) is 1.68. The maximum absolute atomic E-state index is 6.25. The summed E-state index contributed by atoms with van der Waals surface area (Å²) in [5, 5.41) is 0. The third-order valence-corrected chi connectivity index (χ3v) is 3.04. The number of methoxy groups -OCH3 is 1. The third-order valence-electron chi connectivity index (χ3n) is 3.04. The highest BCUT2D eigenvalue weighted by Gasteiger charge is 2.17. The average Bonchev–Trinajstić information content (AvgIpc) is 2.38. The molecule has 0 aromatic heterocycles. The molecule has 0 aliphatic rings. The standard InChI is InChI=1S/C15H25NO2/c1-4-7-15(18-5-2)14(16)11-12-8-6-9-13(10-12)17-3/h6,8-10,14-15H,4-5,7,11,16H2,1-3H3. The third kappa shape index (κ3) is 4.67. The second-order valence-corrected chi connectivity index (χ2v) is 4.50. The summed E-state index contributed by atoms with van der Waals surface area (Å²) in [6.07, 6.45) is 3.07. The van der Waals surface area contributed by atoms with Crippen LogP contribution in [0.5, 0.6) is 5.75 Å². The molecule has 0 fully saturated rings. The highest BCUT2D eigenvalue weighted by Crippen LogP contribution is 2.16. The van der Waals surface area contributed by atoms with Gasteiger partial charge in [0, 0.05) is 12.6 Å². The van der Waals surface area contributed by atoms with E-state index in [9.17, 15) is 0 Å². The minimum absolute atomic E-state index is 0.0389. The summed E-state index contributed by atoms with van der Waals surface area (Å²) in [5.74, 6) is 0.878. The van der Waals surface area contributed by atoms with E-state index in [4.69, 9.17) is 15.2 Å². The van der Waals surface area contributed by atoms with Gasteiger partial charge < -0.3 is 15.2 Å². The fourth-order valence-electron chi connectivity index (χ4n) is 2.12. The first-order valence-electron chi connectivity index (χ1n) is 6.71. The Morgan fingerprint density at radius 1 is 1.28 bits per heavy atom. The molecule has 0 radical (unpaired) electrons. The molecule has 2 unspecified atom stereocenters. The van der Waals surface area contributed by atoms with Gasteiger partial charge in [0.2, 0.25) is 0 Å². The SMILES string of the molecule is CCCC(OCC)C(N)Cc1cccc(OC)c1. The molecule has 0 heterocycles. The summed E-state index contributed by atoms with van der Waals surface area (Å²) in [6, 6.07) is 8.10. The summed E-state index contributed by atoms with van der Waals surface area (Å²) < 4.78 is 10.9. The van der Waals surface area contributed by atoms with Gasteiger partial charge in [-0.1, -0.05) is 25.5 Å². The van der Waals surface area contributed by atoms with Gasteiger partial charge >= 0.3 is 0 Å².